The largest absolute Gasteiger partial charge is 0.433 e. The SMILES string of the molecule is CC1CN(c2ccccc2)CCN1Cc1ccc([N+](=O)[O-])o1. The first-order chi connectivity index (χ1) is 10.6. The lowest BCUT2D eigenvalue weighted by Crippen LogP contribution is -2.51. The molecule has 0 amide bonds. The first-order valence-electron chi connectivity index (χ1n) is 7.40. The van der Waals surface area contributed by atoms with Crippen molar-refractivity contribution in [2.45, 2.75) is 19.5 Å². The monoisotopic (exact) mass is 301 g/mol. The van der Waals surface area contributed by atoms with Gasteiger partial charge in [0.05, 0.1) is 12.6 Å². The molecule has 6 heteroatoms. The summed E-state index contributed by atoms with van der Waals surface area (Å²) < 4.78 is 5.25. The summed E-state index contributed by atoms with van der Waals surface area (Å²) in [6, 6.07) is 13.8. The molecule has 1 atom stereocenters. The maximum Gasteiger partial charge on any atom is 0.433 e. The van der Waals surface area contributed by atoms with Crippen LogP contribution in [0.3, 0.4) is 0 Å². The molecule has 1 aliphatic heterocycles. The minimum atomic E-state index is -0.500. The van der Waals surface area contributed by atoms with Gasteiger partial charge in [0, 0.05) is 31.4 Å². The summed E-state index contributed by atoms with van der Waals surface area (Å²) >= 11 is 0. The van der Waals surface area contributed by atoms with Crippen LogP contribution in [0.2, 0.25) is 0 Å². The molecule has 1 aromatic heterocycles. The molecule has 0 saturated carbocycles. The molecule has 3 rings (SSSR count). The van der Waals surface area contributed by atoms with Crippen molar-refractivity contribution < 1.29 is 9.34 Å². The Labute approximate surface area is 129 Å². The molecule has 116 valence electrons. The second-order valence-corrected chi connectivity index (χ2v) is 5.60. The van der Waals surface area contributed by atoms with E-state index in [1.165, 1.54) is 11.8 Å². The van der Waals surface area contributed by atoms with Crippen LogP contribution in [0.25, 0.3) is 0 Å². The van der Waals surface area contributed by atoms with Crippen LogP contribution in [0.15, 0.2) is 46.9 Å². The van der Waals surface area contributed by atoms with Crippen LogP contribution in [0.4, 0.5) is 11.6 Å². The third-order valence-corrected chi connectivity index (χ3v) is 4.07. The lowest BCUT2D eigenvalue weighted by Gasteiger charge is -2.40. The minimum Gasteiger partial charge on any atom is -0.404 e. The molecule has 0 spiro atoms. The fraction of sp³-hybridized carbons (Fsp3) is 0.375. The molecule has 6 nitrogen and oxygen atoms in total. The summed E-state index contributed by atoms with van der Waals surface area (Å²) in [7, 11) is 0. The van der Waals surface area contributed by atoms with Crippen LogP contribution in [-0.2, 0) is 6.54 Å². The highest BCUT2D eigenvalue weighted by atomic mass is 16.6. The van der Waals surface area contributed by atoms with E-state index in [4.69, 9.17) is 4.42 Å². The Morgan fingerprint density at radius 2 is 2.00 bits per heavy atom. The zero-order valence-corrected chi connectivity index (χ0v) is 12.5. The van der Waals surface area contributed by atoms with Crippen molar-refractivity contribution in [1.82, 2.24) is 4.90 Å². The molecule has 0 aliphatic carbocycles. The minimum absolute atomic E-state index is 0.189. The number of nitro groups is 1. The van der Waals surface area contributed by atoms with Gasteiger partial charge in [0.25, 0.3) is 0 Å². The highest BCUT2D eigenvalue weighted by Gasteiger charge is 2.25. The first-order valence-corrected chi connectivity index (χ1v) is 7.40. The average molecular weight is 301 g/mol. The fourth-order valence-corrected chi connectivity index (χ4v) is 2.85. The van der Waals surface area contributed by atoms with Crippen LogP contribution >= 0.6 is 0 Å². The van der Waals surface area contributed by atoms with E-state index in [0.29, 0.717) is 18.3 Å². The fourth-order valence-electron chi connectivity index (χ4n) is 2.85. The van der Waals surface area contributed by atoms with Gasteiger partial charge in [-0.2, -0.15) is 0 Å². The predicted molar refractivity (Wildman–Crippen MR) is 83.9 cm³/mol. The van der Waals surface area contributed by atoms with E-state index in [0.717, 1.165) is 19.6 Å². The molecule has 0 bridgehead atoms. The number of para-hydroxylation sites is 1. The zero-order chi connectivity index (χ0) is 15.5. The Morgan fingerprint density at radius 1 is 1.23 bits per heavy atom. The molecule has 1 saturated heterocycles. The van der Waals surface area contributed by atoms with Gasteiger partial charge < -0.3 is 9.32 Å². The van der Waals surface area contributed by atoms with Crippen molar-refractivity contribution in [3.63, 3.8) is 0 Å². The number of nitrogens with zero attached hydrogens (tertiary/aromatic N) is 3. The van der Waals surface area contributed by atoms with Crippen molar-refractivity contribution >= 4 is 11.6 Å². The molecule has 22 heavy (non-hydrogen) atoms. The van der Waals surface area contributed by atoms with Gasteiger partial charge in [-0.1, -0.05) is 18.2 Å². The van der Waals surface area contributed by atoms with E-state index in [9.17, 15) is 10.1 Å². The normalized spacial score (nSPS) is 19.3. The Bertz CT molecular complexity index is 641. The van der Waals surface area contributed by atoms with E-state index >= 15 is 0 Å². The number of hydrogen-bond donors (Lipinski definition) is 0. The van der Waals surface area contributed by atoms with Gasteiger partial charge in [0.15, 0.2) is 0 Å². The highest BCUT2D eigenvalue weighted by Crippen LogP contribution is 2.22. The molecule has 1 unspecified atom stereocenters. The van der Waals surface area contributed by atoms with E-state index in [1.54, 1.807) is 6.07 Å². The standard InChI is InChI=1S/C16H19N3O3/c1-13-11-18(14-5-3-2-4-6-14)10-9-17(13)12-15-7-8-16(22-15)19(20)21/h2-8,13H,9-12H2,1H3. The average Bonchev–Trinajstić information content (AvgIpc) is 2.99. The van der Waals surface area contributed by atoms with Gasteiger partial charge in [-0.15, -0.1) is 0 Å². The summed E-state index contributed by atoms with van der Waals surface area (Å²) in [6.07, 6.45) is 0. The molecular weight excluding hydrogens is 282 g/mol. The van der Waals surface area contributed by atoms with Crippen molar-refractivity contribution in [3.05, 3.63) is 58.3 Å². The van der Waals surface area contributed by atoms with Crippen LogP contribution in [0.1, 0.15) is 12.7 Å². The Balaban J connectivity index is 1.62. The van der Waals surface area contributed by atoms with Crippen LogP contribution in [0, 0.1) is 10.1 Å². The predicted octanol–water partition coefficient (Wildman–Crippen LogP) is 2.90. The molecule has 1 aliphatic rings. The molecule has 1 aromatic carbocycles. The van der Waals surface area contributed by atoms with E-state index in [-0.39, 0.29) is 5.88 Å². The van der Waals surface area contributed by atoms with Gasteiger partial charge in [-0.05, 0) is 25.1 Å². The number of hydrogen-bond acceptors (Lipinski definition) is 5. The summed E-state index contributed by atoms with van der Waals surface area (Å²) in [5.41, 5.74) is 1.24. The first kappa shape index (κ1) is 14.6. The number of anilines is 1. The van der Waals surface area contributed by atoms with Crippen LogP contribution in [0.5, 0.6) is 0 Å². The summed E-state index contributed by atoms with van der Waals surface area (Å²) in [4.78, 5) is 14.8. The number of rotatable bonds is 4. The van der Waals surface area contributed by atoms with Crippen LogP contribution in [-0.4, -0.2) is 35.5 Å². The summed E-state index contributed by atoms with van der Waals surface area (Å²) in [5.74, 6) is 0.456. The molecule has 0 radical (unpaired) electrons. The van der Waals surface area contributed by atoms with Gasteiger partial charge in [-0.3, -0.25) is 15.0 Å². The van der Waals surface area contributed by atoms with Gasteiger partial charge in [0.2, 0.25) is 0 Å². The van der Waals surface area contributed by atoms with Crippen molar-refractivity contribution in [2.24, 2.45) is 0 Å². The summed E-state index contributed by atoms with van der Waals surface area (Å²) in [6.45, 7) is 5.57. The van der Waals surface area contributed by atoms with E-state index in [2.05, 4.69) is 28.9 Å². The lowest BCUT2D eigenvalue weighted by atomic mass is 10.1. The lowest BCUT2D eigenvalue weighted by molar-refractivity contribution is -0.402. The van der Waals surface area contributed by atoms with E-state index in [1.807, 2.05) is 18.2 Å². The van der Waals surface area contributed by atoms with Crippen LogP contribution < -0.4 is 4.90 Å². The van der Waals surface area contributed by atoms with Crippen molar-refractivity contribution in [2.75, 3.05) is 24.5 Å². The topological polar surface area (TPSA) is 62.8 Å². The zero-order valence-electron chi connectivity index (χ0n) is 12.5. The molecular formula is C16H19N3O3. The molecule has 2 aromatic rings. The molecule has 1 fully saturated rings. The second kappa shape index (κ2) is 6.19. The Morgan fingerprint density at radius 3 is 2.64 bits per heavy atom. The van der Waals surface area contributed by atoms with E-state index < -0.39 is 4.92 Å². The Hall–Kier alpha value is -2.34. The number of piperazine rings is 1. The molecule has 2 heterocycles. The highest BCUT2D eigenvalue weighted by molar-refractivity contribution is 5.46. The maximum atomic E-state index is 10.7. The summed E-state index contributed by atoms with van der Waals surface area (Å²) in [5, 5.41) is 10.7. The van der Waals surface area contributed by atoms with Crippen molar-refractivity contribution in [3.8, 4) is 0 Å². The van der Waals surface area contributed by atoms with Gasteiger partial charge >= 0.3 is 5.88 Å². The Kier molecular flexibility index (Phi) is 4.11. The molecule has 0 N–H and O–H groups in total. The van der Waals surface area contributed by atoms with Crippen molar-refractivity contribution in [1.29, 1.82) is 0 Å². The quantitative estimate of drug-likeness (QED) is 0.642. The number of furan rings is 1. The van der Waals surface area contributed by atoms with Gasteiger partial charge in [-0.25, -0.2) is 0 Å². The second-order valence-electron chi connectivity index (χ2n) is 5.60. The van der Waals surface area contributed by atoms with Gasteiger partial charge in [0.1, 0.15) is 10.7 Å². The smallest absolute Gasteiger partial charge is 0.404 e. The third-order valence-electron chi connectivity index (χ3n) is 4.07. The maximum absolute atomic E-state index is 10.7. The number of benzene rings is 1. The third kappa shape index (κ3) is 3.12.